The van der Waals surface area contributed by atoms with Crippen LogP contribution in [0.5, 0.6) is 0 Å². The number of H-pyrrole nitrogens is 1. The molecule has 5 heteroatoms. The Morgan fingerprint density at radius 1 is 1.21 bits per heavy atom. The third-order valence-corrected chi connectivity index (χ3v) is 3.32. The van der Waals surface area contributed by atoms with E-state index in [-0.39, 0.29) is 0 Å². The van der Waals surface area contributed by atoms with Gasteiger partial charge in [-0.25, -0.2) is 9.50 Å². The fraction of sp³-hybridized carbons (Fsp3) is 0.286. The Kier molecular flexibility index (Phi) is 3.05. The summed E-state index contributed by atoms with van der Waals surface area (Å²) in [6, 6.07) is 8.44. The fourth-order valence-electron chi connectivity index (χ4n) is 2.22. The summed E-state index contributed by atoms with van der Waals surface area (Å²) in [5.74, 6) is 1.65. The Labute approximate surface area is 111 Å². The molecule has 0 aliphatic rings. The van der Waals surface area contributed by atoms with Crippen molar-refractivity contribution in [2.24, 2.45) is 5.73 Å². The van der Waals surface area contributed by atoms with E-state index in [2.05, 4.69) is 46.3 Å². The van der Waals surface area contributed by atoms with Crippen LogP contribution in [0.25, 0.3) is 5.78 Å². The third kappa shape index (κ3) is 2.37. The van der Waals surface area contributed by atoms with Crippen molar-refractivity contribution in [3.05, 3.63) is 53.1 Å². The van der Waals surface area contributed by atoms with Gasteiger partial charge >= 0.3 is 0 Å². The molecule has 0 spiro atoms. The summed E-state index contributed by atoms with van der Waals surface area (Å²) in [6.07, 6.45) is 3.75. The SMILES string of the molecule is Cc1ccccc1CCc1nc2nc(CN)cn2[nH]1. The quantitative estimate of drug-likeness (QED) is 0.744. The summed E-state index contributed by atoms with van der Waals surface area (Å²) in [4.78, 5) is 8.79. The van der Waals surface area contributed by atoms with Crippen molar-refractivity contribution in [1.29, 1.82) is 0 Å². The van der Waals surface area contributed by atoms with Crippen LogP contribution < -0.4 is 5.73 Å². The van der Waals surface area contributed by atoms with Crippen molar-refractivity contribution < 1.29 is 0 Å². The molecule has 0 radical (unpaired) electrons. The van der Waals surface area contributed by atoms with Gasteiger partial charge < -0.3 is 5.73 Å². The lowest BCUT2D eigenvalue weighted by Crippen LogP contribution is -1.98. The Balaban J connectivity index is 1.75. The van der Waals surface area contributed by atoms with E-state index < -0.39 is 0 Å². The topological polar surface area (TPSA) is 72.0 Å². The van der Waals surface area contributed by atoms with E-state index in [4.69, 9.17) is 5.73 Å². The molecule has 3 aromatic rings. The van der Waals surface area contributed by atoms with Crippen molar-refractivity contribution in [3.63, 3.8) is 0 Å². The van der Waals surface area contributed by atoms with Crippen LogP contribution in [0.4, 0.5) is 0 Å². The number of aromatic nitrogens is 4. The second kappa shape index (κ2) is 4.85. The van der Waals surface area contributed by atoms with E-state index in [0.717, 1.165) is 24.4 Å². The van der Waals surface area contributed by atoms with E-state index in [1.54, 1.807) is 0 Å². The van der Waals surface area contributed by atoms with Crippen LogP contribution in [0.2, 0.25) is 0 Å². The molecular weight excluding hydrogens is 238 g/mol. The van der Waals surface area contributed by atoms with Crippen molar-refractivity contribution in [2.45, 2.75) is 26.3 Å². The van der Waals surface area contributed by atoms with E-state index >= 15 is 0 Å². The molecule has 19 heavy (non-hydrogen) atoms. The monoisotopic (exact) mass is 255 g/mol. The molecule has 0 saturated carbocycles. The smallest absolute Gasteiger partial charge is 0.250 e. The molecule has 0 atom stereocenters. The number of nitrogens with one attached hydrogen (secondary N) is 1. The number of hydrogen-bond donors (Lipinski definition) is 2. The number of fused-ring (bicyclic) bond motifs is 1. The Morgan fingerprint density at radius 3 is 2.79 bits per heavy atom. The van der Waals surface area contributed by atoms with Gasteiger partial charge in [0.1, 0.15) is 5.82 Å². The van der Waals surface area contributed by atoms with Crippen LogP contribution in [-0.4, -0.2) is 19.6 Å². The lowest BCUT2D eigenvalue weighted by atomic mass is 10.0. The summed E-state index contributed by atoms with van der Waals surface area (Å²) in [7, 11) is 0. The van der Waals surface area contributed by atoms with Gasteiger partial charge in [-0.1, -0.05) is 24.3 Å². The van der Waals surface area contributed by atoms with E-state index in [0.29, 0.717) is 12.3 Å². The van der Waals surface area contributed by atoms with Gasteiger partial charge in [0.05, 0.1) is 11.9 Å². The summed E-state index contributed by atoms with van der Waals surface area (Å²) in [6.45, 7) is 2.58. The molecule has 0 amide bonds. The summed E-state index contributed by atoms with van der Waals surface area (Å²) in [5, 5.41) is 3.23. The zero-order chi connectivity index (χ0) is 13.2. The predicted octanol–water partition coefficient (Wildman–Crippen LogP) is 1.61. The minimum atomic E-state index is 0.440. The van der Waals surface area contributed by atoms with Gasteiger partial charge in [0, 0.05) is 13.0 Å². The molecule has 0 saturated heterocycles. The summed E-state index contributed by atoms with van der Waals surface area (Å²) < 4.78 is 1.83. The number of hydrogen-bond acceptors (Lipinski definition) is 3. The number of benzene rings is 1. The van der Waals surface area contributed by atoms with Crippen molar-refractivity contribution in [2.75, 3.05) is 0 Å². The van der Waals surface area contributed by atoms with Gasteiger partial charge in [0.25, 0.3) is 5.78 Å². The van der Waals surface area contributed by atoms with Crippen LogP contribution in [-0.2, 0) is 19.4 Å². The maximum absolute atomic E-state index is 5.54. The highest BCUT2D eigenvalue weighted by Gasteiger charge is 2.07. The highest BCUT2D eigenvalue weighted by atomic mass is 15.3. The second-order valence-electron chi connectivity index (χ2n) is 4.70. The van der Waals surface area contributed by atoms with E-state index in [1.165, 1.54) is 11.1 Å². The van der Waals surface area contributed by atoms with Crippen LogP contribution in [0.3, 0.4) is 0 Å². The first-order valence-electron chi connectivity index (χ1n) is 6.43. The maximum atomic E-state index is 5.54. The van der Waals surface area contributed by atoms with E-state index in [9.17, 15) is 0 Å². The van der Waals surface area contributed by atoms with Crippen molar-refractivity contribution in [1.82, 2.24) is 19.6 Å². The zero-order valence-electron chi connectivity index (χ0n) is 10.9. The van der Waals surface area contributed by atoms with Gasteiger partial charge in [-0.2, -0.15) is 4.98 Å². The molecule has 0 bridgehead atoms. The van der Waals surface area contributed by atoms with Crippen molar-refractivity contribution >= 4 is 5.78 Å². The Morgan fingerprint density at radius 2 is 2.05 bits per heavy atom. The molecule has 5 nitrogen and oxygen atoms in total. The highest BCUT2D eigenvalue weighted by molar-refractivity contribution is 5.30. The molecule has 3 rings (SSSR count). The average molecular weight is 255 g/mol. The first-order chi connectivity index (χ1) is 9.26. The number of rotatable bonds is 4. The van der Waals surface area contributed by atoms with Gasteiger partial charge in [-0.15, -0.1) is 0 Å². The predicted molar refractivity (Wildman–Crippen MR) is 73.8 cm³/mol. The molecule has 0 fully saturated rings. The summed E-state index contributed by atoms with van der Waals surface area (Å²) >= 11 is 0. The van der Waals surface area contributed by atoms with Crippen LogP contribution >= 0.6 is 0 Å². The van der Waals surface area contributed by atoms with Gasteiger partial charge in [-0.05, 0) is 24.5 Å². The number of imidazole rings is 1. The van der Waals surface area contributed by atoms with Gasteiger partial charge in [0.2, 0.25) is 0 Å². The molecule has 3 N–H and O–H groups in total. The molecule has 98 valence electrons. The zero-order valence-corrected chi connectivity index (χ0v) is 10.9. The molecule has 2 heterocycles. The number of aryl methyl sites for hydroxylation is 3. The number of aromatic amines is 1. The Bertz CT molecular complexity index is 663. The second-order valence-corrected chi connectivity index (χ2v) is 4.70. The molecule has 1 aromatic carbocycles. The summed E-state index contributed by atoms with van der Waals surface area (Å²) in [5.41, 5.74) is 9.08. The molecule has 0 aliphatic carbocycles. The first kappa shape index (κ1) is 11.9. The van der Waals surface area contributed by atoms with Crippen LogP contribution in [0, 0.1) is 6.92 Å². The highest BCUT2D eigenvalue weighted by Crippen LogP contribution is 2.10. The molecule has 0 aliphatic heterocycles. The van der Waals surface area contributed by atoms with Crippen LogP contribution in [0.15, 0.2) is 30.5 Å². The lowest BCUT2D eigenvalue weighted by molar-refractivity contribution is 0.831. The van der Waals surface area contributed by atoms with Crippen LogP contribution in [0.1, 0.15) is 22.6 Å². The Hall–Kier alpha value is -2.14. The largest absolute Gasteiger partial charge is 0.325 e. The lowest BCUT2D eigenvalue weighted by Gasteiger charge is -2.03. The van der Waals surface area contributed by atoms with Gasteiger partial charge in [0.15, 0.2) is 0 Å². The number of nitrogens with two attached hydrogens (primary N) is 1. The fourth-order valence-corrected chi connectivity index (χ4v) is 2.22. The minimum Gasteiger partial charge on any atom is -0.325 e. The van der Waals surface area contributed by atoms with Gasteiger partial charge in [-0.3, -0.25) is 5.10 Å². The normalized spacial score (nSPS) is 11.3. The van der Waals surface area contributed by atoms with E-state index in [1.807, 2.05) is 10.7 Å². The number of nitrogens with zero attached hydrogens (tertiary/aromatic N) is 3. The maximum Gasteiger partial charge on any atom is 0.250 e. The van der Waals surface area contributed by atoms with Crippen molar-refractivity contribution in [3.8, 4) is 0 Å². The average Bonchev–Trinajstić information content (AvgIpc) is 2.95. The first-order valence-corrected chi connectivity index (χ1v) is 6.43. The third-order valence-electron chi connectivity index (χ3n) is 3.32. The molecule has 0 unspecified atom stereocenters. The standard InChI is InChI=1S/C14H17N5/c1-10-4-2-3-5-11(10)6-7-13-17-14-16-12(8-15)9-19(14)18-13/h2-5,9H,6-8,15H2,1H3,(H,16,17,18). The minimum absolute atomic E-state index is 0.440. The molecule has 2 aromatic heterocycles. The molecular formula is C14H17N5.